The molecule has 0 heterocycles. The van der Waals surface area contributed by atoms with Gasteiger partial charge in [-0.3, -0.25) is 4.79 Å². The van der Waals surface area contributed by atoms with Crippen LogP contribution in [0.15, 0.2) is 24.3 Å². The predicted molar refractivity (Wildman–Crippen MR) is 70.7 cm³/mol. The molecule has 1 aromatic rings. The van der Waals surface area contributed by atoms with Gasteiger partial charge in [-0.25, -0.2) is 0 Å². The van der Waals surface area contributed by atoms with E-state index in [4.69, 9.17) is 11.6 Å². The monoisotopic (exact) mass is 251 g/mol. The Labute approximate surface area is 108 Å². The van der Waals surface area contributed by atoms with Crippen LogP contribution in [0.5, 0.6) is 0 Å². The Kier molecular flexibility index (Phi) is 4.19. The topological polar surface area (TPSA) is 20.3 Å². The average molecular weight is 252 g/mol. The van der Waals surface area contributed by atoms with Gasteiger partial charge >= 0.3 is 0 Å². The van der Waals surface area contributed by atoms with E-state index in [-0.39, 0.29) is 5.78 Å². The molecule has 0 bridgehead atoms. The Balaban J connectivity index is 1.87. The summed E-state index contributed by atoms with van der Waals surface area (Å²) in [5, 5.41) is 0.559. The quantitative estimate of drug-likeness (QED) is 0.748. The summed E-state index contributed by atoms with van der Waals surface area (Å²) in [5.41, 5.74) is 0.649. The van der Waals surface area contributed by atoms with Gasteiger partial charge in [-0.2, -0.15) is 0 Å². The largest absolute Gasteiger partial charge is 0.303 e. The number of ketones is 1. The van der Waals surface area contributed by atoms with Crippen molar-refractivity contribution in [3.8, 4) is 0 Å². The smallest absolute Gasteiger partial charge is 0.165 e. The van der Waals surface area contributed by atoms with Crippen LogP contribution in [0, 0.1) is 0 Å². The number of carbonyl (C=O) groups excluding carboxylic acids is 1. The summed E-state index contributed by atoms with van der Waals surface area (Å²) in [6.45, 7) is 0.828. The molecule has 1 aromatic carbocycles. The van der Waals surface area contributed by atoms with Crippen molar-refractivity contribution in [3.63, 3.8) is 0 Å². The van der Waals surface area contributed by atoms with Crippen molar-refractivity contribution >= 4 is 17.4 Å². The second kappa shape index (κ2) is 5.65. The lowest BCUT2D eigenvalue weighted by Gasteiger charge is -2.34. The standard InChI is InChI=1S/C14H18ClNO/c1-16(11-5-4-6-11)10-9-14(17)12-7-2-3-8-13(12)15/h2-3,7-8,11H,4-6,9-10H2,1H3. The third-order valence-corrected chi connectivity index (χ3v) is 3.89. The van der Waals surface area contributed by atoms with Crippen LogP contribution in [-0.4, -0.2) is 30.3 Å². The highest BCUT2D eigenvalue weighted by atomic mass is 35.5. The number of rotatable bonds is 5. The van der Waals surface area contributed by atoms with E-state index in [0.29, 0.717) is 23.0 Å². The summed E-state index contributed by atoms with van der Waals surface area (Å²) in [6.07, 6.45) is 4.43. The molecule has 1 saturated carbocycles. The van der Waals surface area contributed by atoms with E-state index >= 15 is 0 Å². The summed E-state index contributed by atoms with van der Waals surface area (Å²) < 4.78 is 0. The van der Waals surface area contributed by atoms with Crippen molar-refractivity contribution in [3.05, 3.63) is 34.9 Å². The van der Waals surface area contributed by atoms with Crippen LogP contribution in [-0.2, 0) is 0 Å². The van der Waals surface area contributed by atoms with Crippen molar-refractivity contribution in [2.24, 2.45) is 0 Å². The van der Waals surface area contributed by atoms with Crippen LogP contribution < -0.4 is 0 Å². The zero-order chi connectivity index (χ0) is 12.3. The highest BCUT2D eigenvalue weighted by Crippen LogP contribution is 2.24. The fraction of sp³-hybridized carbons (Fsp3) is 0.500. The highest BCUT2D eigenvalue weighted by molar-refractivity contribution is 6.33. The van der Waals surface area contributed by atoms with Crippen molar-refractivity contribution in [2.75, 3.05) is 13.6 Å². The lowest BCUT2D eigenvalue weighted by atomic mass is 9.91. The van der Waals surface area contributed by atoms with Gasteiger partial charge in [-0.1, -0.05) is 30.2 Å². The molecule has 2 nitrogen and oxygen atoms in total. The third-order valence-electron chi connectivity index (χ3n) is 3.56. The molecule has 0 aliphatic heterocycles. The van der Waals surface area contributed by atoms with Gasteiger partial charge in [0.2, 0.25) is 0 Å². The Morgan fingerprint density at radius 2 is 2.12 bits per heavy atom. The molecule has 0 radical (unpaired) electrons. The maximum absolute atomic E-state index is 12.0. The summed E-state index contributed by atoms with van der Waals surface area (Å²) >= 11 is 6.00. The van der Waals surface area contributed by atoms with Gasteiger partial charge in [0.25, 0.3) is 0 Å². The van der Waals surface area contributed by atoms with Crippen molar-refractivity contribution in [2.45, 2.75) is 31.7 Å². The molecule has 0 spiro atoms. The van der Waals surface area contributed by atoms with Gasteiger partial charge in [0.15, 0.2) is 5.78 Å². The van der Waals surface area contributed by atoms with Crippen LogP contribution in [0.25, 0.3) is 0 Å². The van der Waals surface area contributed by atoms with Crippen LogP contribution in [0.4, 0.5) is 0 Å². The van der Waals surface area contributed by atoms with Crippen LogP contribution in [0.2, 0.25) is 5.02 Å². The highest BCUT2D eigenvalue weighted by Gasteiger charge is 2.22. The fourth-order valence-corrected chi connectivity index (χ4v) is 2.35. The first-order valence-corrected chi connectivity index (χ1v) is 6.54. The lowest BCUT2D eigenvalue weighted by molar-refractivity contribution is 0.0939. The molecule has 17 heavy (non-hydrogen) atoms. The minimum absolute atomic E-state index is 0.141. The molecule has 0 unspecified atom stereocenters. The van der Waals surface area contributed by atoms with Gasteiger partial charge in [-0.05, 0) is 32.0 Å². The SMILES string of the molecule is CN(CCC(=O)c1ccccc1Cl)C1CCC1. The fourth-order valence-electron chi connectivity index (χ4n) is 2.11. The molecule has 0 aromatic heterocycles. The minimum atomic E-state index is 0.141. The van der Waals surface area contributed by atoms with E-state index in [9.17, 15) is 4.79 Å². The van der Waals surface area contributed by atoms with E-state index < -0.39 is 0 Å². The molecule has 1 fully saturated rings. The summed E-state index contributed by atoms with van der Waals surface area (Å²) in [7, 11) is 2.10. The van der Waals surface area contributed by atoms with E-state index in [1.807, 2.05) is 12.1 Å². The van der Waals surface area contributed by atoms with Crippen LogP contribution in [0.1, 0.15) is 36.0 Å². The number of halogens is 1. The van der Waals surface area contributed by atoms with Gasteiger partial charge in [0.1, 0.15) is 0 Å². The average Bonchev–Trinajstić information content (AvgIpc) is 2.24. The maximum Gasteiger partial charge on any atom is 0.165 e. The number of benzene rings is 1. The van der Waals surface area contributed by atoms with Gasteiger partial charge in [0.05, 0.1) is 5.02 Å². The molecule has 2 rings (SSSR count). The first-order valence-electron chi connectivity index (χ1n) is 6.16. The van der Waals surface area contributed by atoms with E-state index in [1.165, 1.54) is 19.3 Å². The van der Waals surface area contributed by atoms with Gasteiger partial charge in [0, 0.05) is 24.6 Å². The minimum Gasteiger partial charge on any atom is -0.303 e. The Hall–Kier alpha value is -0.860. The lowest BCUT2D eigenvalue weighted by Crippen LogP contribution is -2.38. The molecule has 0 amide bonds. The molecule has 0 N–H and O–H groups in total. The Bertz CT molecular complexity index is 401. The maximum atomic E-state index is 12.0. The van der Waals surface area contributed by atoms with E-state index in [1.54, 1.807) is 12.1 Å². The van der Waals surface area contributed by atoms with Crippen molar-refractivity contribution in [1.82, 2.24) is 4.90 Å². The predicted octanol–water partition coefficient (Wildman–Crippen LogP) is 3.40. The molecular weight excluding hydrogens is 234 g/mol. The second-order valence-corrected chi connectivity index (χ2v) is 5.13. The Morgan fingerprint density at radius 1 is 1.41 bits per heavy atom. The first-order chi connectivity index (χ1) is 8.18. The van der Waals surface area contributed by atoms with Crippen molar-refractivity contribution < 1.29 is 4.79 Å². The number of carbonyl (C=O) groups is 1. The van der Waals surface area contributed by atoms with E-state index in [0.717, 1.165) is 6.54 Å². The molecule has 1 aliphatic rings. The molecule has 92 valence electrons. The zero-order valence-corrected chi connectivity index (χ0v) is 10.9. The van der Waals surface area contributed by atoms with Crippen LogP contribution >= 0.6 is 11.6 Å². The number of hydrogen-bond donors (Lipinski definition) is 0. The second-order valence-electron chi connectivity index (χ2n) is 4.72. The number of hydrogen-bond acceptors (Lipinski definition) is 2. The molecule has 0 atom stereocenters. The molecule has 3 heteroatoms. The summed E-state index contributed by atoms with van der Waals surface area (Å²) in [4.78, 5) is 14.3. The first kappa shape index (κ1) is 12.6. The molecular formula is C14H18ClNO. The molecule has 1 aliphatic carbocycles. The van der Waals surface area contributed by atoms with Gasteiger partial charge in [-0.15, -0.1) is 0 Å². The zero-order valence-electron chi connectivity index (χ0n) is 10.2. The third kappa shape index (κ3) is 3.08. The Morgan fingerprint density at radius 3 is 2.71 bits per heavy atom. The van der Waals surface area contributed by atoms with Gasteiger partial charge < -0.3 is 4.90 Å². The normalized spacial score (nSPS) is 15.9. The number of Topliss-reactive ketones (excluding diaryl/α,β-unsaturated/α-hetero) is 1. The summed E-state index contributed by atoms with van der Waals surface area (Å²) in [6, 6.07) is 7.96. The molecule has 0 saturated heterocycles. The summed E-state index contributed by atoms with van der Waals surface area (Å²) in [5.74, 6) is 0.141. The van der Waals surface area contributed by atoms with Crippen LogP contribution in [0.3, 0.4) is 0 Å². The number of nitrogens with zero attached hydrogens (tertiary/aromatic N) is 1. The van der Waals surface area contributed by atoms with Crippen molar-refractivity contribution in [1.29, 1.82) is 0 Å². The van der Waals surface area contributed by atoms with E-state index in [2.05, 4.69) is 11.9 Å².